The van der Waals surface area contributed by atoms with Gasteiger partial charge in [0.25, 0.3) is 0 Å². The Bertz CT molecular complexity index is 518. The highest BCUT2D eigenvalue weighted by atomic mass is 19.1. The van der Waals surface area contributed by atoms with Crippen molar-refractivity contribution in [3.05, 3.63) is 29.8 Å². The molecule has 0 bridgehead atoms. The molecule has 0 spiro atoms. The molecule has 0 aliphatic carbocycles. The minimum Gasteiger partial charge on any atom is -0.324 e. The third kappa shape index (κ3) is 1.18. The van der Waals surface area contributed by atoms with Gasteiger partial charge in [0.05, 0.1) is 11.6 Å². The standard InChI is InChI=1S/C11H12FN3/c12-7-3-1-5-9-10(7)15-6-2-4-8(13)11(15)14-9/h1,3,5,8H,2,4,6,13H2. The Balaban J connectivity index is 2.36. The minimum absolute atomic E-state index is 0.0504. The maximum absolute atomic E-state index is 13.6. The van der Waals surface area contributed by atoms with Crippen molar-refractivity contribution in [1.82, 2.24) is 9.55 Å². The van der Waals surface area contributed by atoms with Crippen LogP contribution in [-0.4, -0.2) is 9.55 Å². The van der Waals surface area contributed by atoms with Crippen molar-refractivity contribution in [2.75, 3.05) is 0 Å². The number of fused-ring (bicyclic) bond motifs is 3. The number of para-hydroxylation sites is 1. The summed E-state index contributed by atoms with van der Waals surface area (Å²) in [5.74, 6) is 0.613. The van der Waals surface area contributed by atoms with E-state index in [1.807, 2.05) is 10.6 Å². The van der Waals surface area contributed by atoms with E-state index in [1.165, 1.54) is 6.07 Å². The molecule has 0 amide bonds. The van der Waals surface area contributed by atoms with Crippen LogP contribution in [-0.2, 0) is 6.54 Å². The van der Waals surface area contributed by atoms with E-state index >= 15 is 0 Å². The molecule has 1 aliphatic rings. The number of nitrogens with two attached hydrogens (primary N) is 1. The molecule has 1 aromatic carbocycles. The Labute approximate surface area is 86.7 Å². The molecule has 1 unspecified atom stereocenters. The fourth-order valence-corrected chi connectivity index (χ4v) is 2.27. The van der Waals surface area contributed by atoms with Crippen LogP contribution in [0, 0.1) is 5.82 Å². The molecule has 4 heteroatoms. The summed E-state index contributed by atoms with van der Waals surface area (Å²) < 4.78 is 15.5. The van der Waals surface area contributed by atoms with Crippen molar-refractivity contribution in [2.24, 2.45) is 5.73 Å². The molecule has 0 saturated heterocycles. The van der Waals surface area contributed by atoms with E-state index in [0.29, 0.717) is 11.0 Å². The number of hydrogen-bond acceptors (Lipinski definition) is 2. The molecular formula is C11H12FN3. The second kappa shape index (κ2) is 3.03. The zero-order chi connectivity index (χ0) is 10.4. The summed E-state index contributed by atoms with van der Waals surface area (Å²) in [5, 5.41) is 0. The summed E-state index contributed by atoms with van der Waals surface area (Å²) in [6.07, 6.45) is 1.93. The van der Waals surface area contributed by atoms with E-state index in [9.17, 15) is 4.39 Å². The van der Waals surface area contributed by atoms with Gasteiger partial charge in [-0.25, -0.2) is 9.37 Å². The summed E-state index contributed by atoms with van der Waals surface area (Å²) in [7, 11) is 0. The van der Waals surface area contributed by atoms with E-state index in [1.54, 1.807) is 6.07 Å². The maximum Gasteiger partial charge on any atom is 0.149 e. The summed E-state index contributed by atoms with van der Waals surface area (Å²) in [4.78, 5) is 4.39. The molecule has 2 aromatic rings. The summed E-state index contributed by atoms with van der Waals surface area (Å²) >= 11 is 0. The van der Waals surface area contributed by atoms with Gasteiger partial charge in [-0.15, -0.1) is 0 Å². The molecule has 1 aliphatic heterocycles. The van der Waals surface area contributed by atoms with Gasteiger partial charge in [-0.1, -0.05) is 6.07 Å². The van der Waals surface area contributed by atoms with Gasteiger partial charge in [-0.05, 0) is 25.0 Å². The predicted molar refractivity (Wildman–Crippen MR) is 55.9 cm³/mol. The van der Waals surface area contributed by atoms with Gasteiger partial charge < -0.3 is 10.3 Å². The van der Waals surface area contributed by atoms with Crippen LogP contribution in [0.5, 0.6) is 0 Å². The number of benzene rings is 1. The van der Waals surface area contributed by atoms with Crippen molar-refractivity contribution >= 4 is 11.0 Å². The molecule has 2 N–H and O–H groups in total. The first kappa shape index (κ1) is 8.85. The average molecular weight is 205 g/mol. The largest absolute Gasteiger partial charge is 0.324 e. The second-order valence-corrected chi connectivity index (χ2v) is 3.98. The van der Waals surface area contributed by atoms with Crippen LogP contribution >= 0.6 is 0 Å². The zero-order valence-electron chi connectivity index (χ0n) is 8.28. The number of aromatic nitrogens is 2. The summed E-state index contributed by atoms with van der Waals surface area (Å²) in [6.45, 7) is 0.820. The predicted octanol–water partition coefficient (Wildman–Crippen LogP) is 1.97. The fourth-order valence-electron chi connectivity index (χ4n) is 2.27. The van der Waals surface area contributed by atoms with Crippen LogP contribution < -0.4 is 5.73 Å². The highest BCUT2D eigenvalue weighted by molar-refractivity contribution is 5.76. The van der Waals surface area contributed by atoms with Gasteiger partial charge >= 0.3 is 0 Å². The number of imidazole rings is 1. The van der Waals surface area contributed by atoms with Crippen LogP contribution in [0.1, 0.15) is 24.7 Å². The van der Waals surface area contributed by atoms with Crippen LogP contribution in [0.15, 0.2) is 18.2 Å². The lowest BCUT2D eigenvalue weighted by molar-refractivity contribution is 0.455. The SMILES string of the molecule is NC1CCCn2c1nc1cccc(F)c12. The normalized spacial score (nSPS) is 20.5. The first-order chi connectivity index (χ1) is 7.27. The van der Waals surface area contributed by atoms with Gasteiger partial charge in [0.1, 0.15) is 17.2 Å². The number of rotatable bonds is 0. The molecule has 15 heavy (non-hydrogen) atoms. The third-order valence-corrected chi connectivity index (χ3v) is 2.98. The summed E-state index contributed by atoms with van der Waals surface area (Å²) in [6, 6.07) is 4.93. The summed E-state index contributed by atoms with van der Waals surface area (Å²) in [5.41, 5.74) is 7.26. The van der Waals surface area contributed by atoms with Gasteiger partial charge in [-0.2, -0.15) is 0 Å². The lowest BCUT2D eigenvalue weighted by Gasteiger charge is -2.20. The lowest BCUT2D eigenvalue weighted by atomic mass is 10.1. The second-order valence-electron chi connectivity index (χ2n) is 3.98. The van der Waals surface area contributed by atoms with Crippen molar-refractivity contribution in [3.8, 4) is 0 Å². The van der Waals surface area contributed by atoms with Crippen LogP contribution in [0.25, 0.3) is 11.0 Å². The number of aryl methyl sites for hydroxylation is 1. The Morgan fingerprint density at radius 3 is 3.20 bits per heavy atom. The van der Waals surface area contributed by atoms with Crippen molar-refractivity contribution in [2.45, 2.75) is 25.4 Å². The van der Waals surface area contributed by atoms with E-state index < -0.39 is 0 Å². The minimum atomic E-state index is -0.208. The fraction of sp³-hybridized carbons (Fsp3) is 0.364. The molecule has 0 saturated carbocycles. The van der Waals surface area contributed by atoms with E-state index in [-0.39, 0.29) is 11.9 Å². The Morgan fingerprint density at radius 2 is 2.33 bits per heavy atom. The zero-order valence-corrected chi connectivity index (χ0v) is 8.28. The number of hydrogen-bond donors (Lipinski definition) is 1. The van der Waals surface area contributed by atoms with E-state index in [2.05, 4.69) is 4.98 Å². The van der Waals surface area contributed by atoms with E-state index in [0.717, 1.165) is 25.2 Å². The van der Waals surface area contributed by atoms with Gasteiger partial charge in [-0.3, -0.25) is 0 Å². The third-order valence-electron chi connectivity index (χ3n) is 2.98. The molecule has 1 aromatic heterocycles. The van der Waals surface area contributed by atoms with Gasteiger partial charge in [0, 0.05) is 6.54 Å². The maximum atomic E-state index is 13.6. The number of nitrogens with zero attached hydrogens (tertiary/aromatic N) is 2. The topological polar surface area (TPSA) is 43.8 Å². The molecule has 1 atom stereocenters. The Morgan fingerprint density at radius 1 is 1.47 bits per heavy atom. The van der Waals surface area contributed by atoms with Gasteiger partial charge in [0.15, 0.2) is 0 Å². The smallest absolute Gasteiger partial charge is 0.149 e. The van der Waals surface area contributed by atoms with Crippen molar-refractivity contribution < 1.29 is 4.39 Å². The highest BCUT2D eigenvalue weighted by Crippen LogP contribution is 2.28. The molecule has 3 rings (SSSR count). The first-order valence-corrected chi connectivity index (χ1v) is 5.17. The van der Waals surface area contributed by atoms with Gasteiger partial charge in [0.2, 0.25) is 0 Å². The Kier molecular flexibility index (Phi) is 1.79. The lowest BCUT2D eigenvalue weighted by Crippen LogP contribution is -2.22. The van der Waals surface area contributed by atoms with E-state index in [4.69, 9.17) is 5.73 Å². The number of halogens is 1. The highest BCUT2D eigenvalue weighted by Gasteiger charge is 2.22. The molecule has 0 fully saturated rings. The Hall–Kier alpha value is -1.42. The molecule has 2 heterocycles. The van der Waals surface area contributed by atoms with Crippen LogP contribution in [0.3, 0.4) is 0 Å². The quantitative estimate of drug-likeness (QED) is 0.714. The first-order valence-electron chi connectivity index (χ1n) is 5.17. The monoisotopic (exact) mass is 205 g/mol. The molecule has 0 radical (unpaired) electrons. The van der Waals surface area contributed by atoms with Crippen LogP contribution in [0.2, 0.25) is 0 Å². The average Bonchev–Trinajstić information content (AvgIpc) is 2.59. The van der Waals surface area contributed by atoms with Crippen molar-refractivity contribution in [3.63, 3.8) is 0 Å². The molecule has 78 valence electrons. The van der Waals surface area contributed by atoms with Crippen LogP contribution in [0.4, 0.5) is 4.39 Å². The molecule has 3 nitrogen and oxygen atoms in total. The molecular weight excluding hydrogens is 193 g/mol. The van der Waals surface area contributed by atoms with Crippen molar-refractivity contribution in [1.29, 1.82) is 0 Å².